The van der Waals surface area contributed by atoms with Gasteiger partial charge in [-0.15, -0.1) is 0 Å². The van der Waals surface area contributed by atoms with Crippen molar-refractivity contribution in [3.8, 4) is 0 Å². The molecular weight excluding hydrogens is 386 g/mol. The standard InChI is InChI=1S/C20H33N5O3Si/c1-20(2,3)29(4,5)28-14-6-7-25(13-14)18-15(21)12-16-17(22-18)23-19(27-16)24-8-10-26-11-9-24/h12,14H,6-11,13,21H2,1-5H3. The monoisotopic (exact) mass is 419 g/mol. The molecule has 2 aromatic heterocycles. The van der Waals surface area contributed by atoms with Gasteiger partial charge in [-0.1, -0.05) is 20.8 Å². The number of aromatic nitrogens is 2. The van der Waals surface area contributed by atoms with Crippen molar-refractivity contribution in [3.63, 3.8) is 0 Å². The highest BCUT2D eigenvalue weighted by Gasteiger charge is 2.40. The summed E-state index contributed by atoms with van der Waals surface area (Å²) in [5.41, 5.74) is 8.19. The zero-order valence-electron chi connectivity index (χ0n) is 18.2. The number of rotatable bonds is 4. The number of hydrogen-bond acceptors (Lipinski definition) is 8. The van der Waals surface area contributed by atoms with Crippen molar-refractivity contribution in [2.24, 2.45) is 0 Å². The molecule has 0 spiro atoms. The van der Waals surface area contributed by atoms with E-state index in [1.165, 1.54) is 0 Å². The van der Waals surface area contributed by atoms with E-state index in [-0.39, 0.29) is 11.1 Å². The molecule has 0 aromatic carbocycles. The van der Waals surface area contributed by atoms with Crippen LogP contribution in [0.15, 0.2) is 10.5 Å². The Morgan fingerprint density at radius 1 is 1.14 bits per heavy atom. The molecule has 2 fully saturated rings. The molecule has 2 aliphatic heterocycles. The number of nitrogen functional groups attached to an aromatic ring is 1. The summed E-state index contributed by atoms with van der Waals surface area (Å²) in [6.45, 7) is 16.0. The van der Waals surface area contributed by atoms with Gasteiger partial charge in [-0.2, -0.15) is 4.98 Å². The Bertz CT molecular complexity index is 873. The zero-order valence-corrected chi connectivity index (χ0v) is 19.2. The first-order valence-corrected chi connectivity index (χ1v) is 13.4. The molecule has 0 amide bonds. The van der Waals surface area contributed by atoms with Gasteiger partial charge in [0, 0.05) is 32.2 Å². The quantitative estimate of drug-likeness (QED) is 0.756. The first-order valence-electron chi connectivity index (χ1n) is 10.5. The fraction of sp³-hybridized carbons (Fsp3) is 0.700. The average molecular weight is 420 g/mol. The molecule has 2 aliphatic rings. The minimum absolute atomic E-state index is 0.202. The largest absolute Gasteiger partial charge is 0.422 e. The summed E-state index contributed by atoms with van der Waals surface area (Å²) in [6, 6.07) is 2.43. The van der Waals surface area contributed by atoms with E-state index in [4.69, 9.17) is 24.3 Å². The van der Waals surface area contributed by atoms with Gasteiger partial charge < -0.3 is 29.1 Å². The van der Waals surface area contributed by atoms with Crippen LogP contribution < -0.4 is 15.5 Å². The third-order valence-corrected chi connectivity index (χ3v) is 10.9. The summed E-state index contributed by atoms with van der Waals surface area (Å²) < 4.78 is 17.9. The van der Waals surface area contributed by atoms with Crippen molar-refractivity contribution in [3.05, 3.63) is 6.07 Å². The summed E-state index contributed by atoms with van der Waals surface area (Å²) in [5, 5.41) is 0.202. The molecule has 0 saturated carbocycles. The van der Waals surface area contributed by atoms with Crippen LogP contribution in [0.25, 0.3) is 11.2 Å². The van der Waals surface area contributed by atoms with Crippen LogP contribution in [0.3, 0.4) is 0 Å². The second-order valence-corrected chi connectivity index (χ2v) is 14.3. The number of fused-ring (bicyclic) bond motifs is 1. The predicted molar refractivity (Wildman–Crippen MR) is 118 cm³/mol. The lowest BCUT2D eigenvalue weighted by Crippen LogP contribution is -2.44. The summed E-state index contributed by atoms with van der Waals surface area (Å²) in [5.74, 6) is 0.778. The maximum Gasteiger partial charge on any atom is 0.300 e. The van der Waals surface area contributed by atoms with Crippen molar-refractivity contribution in [2.75, 3.05) is 54.9 Å². The van der Waals surface area contributed by atoms with E-state index in [9.17, 15) is 0 Å². The molecule has 0 bridgehead atoms. The average Bonchev–Trinajstić information content (AvgIpc) is 3.27. The number of nitrogens with two attached hydrogens (primary N) is 1. The summed E-state index contributed by atoms with van der Waals surface area (Å²) in [7, 11) is -1.80. The van der Waals surface area contributed by atoms with Crippen molar-refractivity contribution in [1.82, 2.24) is 9.97 Å². The number of oxazole rings is 1. The van der Waals surface area contributed by atoms with Crippen LogP contribution in [0.4, 0.5) is 17.5 Å². The van der Waals surface area contributed by atoms with Crippen molar-refractivity contribution in [2.45, 2.75) is 51.4 Å². The van der Waals surface area contributed by atoms with E-state index >= 15 is 0 Å². The van der Waals surface area contributed by atoms with Crippen LogP contribution in [0.5, 0.6) is 0 Å². The smallest absolute Gasteiger partial charge is 0.300 e. The van der Waals surface area contributed by atoms with Crippen LogP contribution in [-0.2, 0) is 9.16 Å². The van der Waals surface area contributed by atoms with Crippen LogP contribution in [0.1, 0.15) is 27.2 Å². The Labute approximate surface area is 173 Å². The van der Waals surface area contributed by atoms with Gasteiger partial charge in [-0.3, -0.25) is 0 Å². The lowest BCUT2D eigenvalue weighted by molar-refractivity contribution is 0.120. The van der Waals surface area contributed by atoms with Gasteiger partial charge in [-0.05, 0) is 24.6 Å². The topological polar surface area (TPSA) is 89.9 Å². The minimum atomic E-state index is -1.80. The molecule has 160 valence electrons. The number of ether oxygens (including phenoxy) is 1. The fourth-order valence-corrected chi connectivity index (χ4v) is 4.99. The van der Waals surface area contributed by atoms with Gasteiger partial charge in [0.1, 0.15) is 0 Å². The van der Waals surface area contributed by atoms with Crippen LogP contribution in [-0.4, -0.2) is 63.8 Å². The molecule has 0 radical (unpaired) electrons. The van der Waals surface area contributed by atoms with Gasteiger partial charge in [0.15, 0.2) is 19.7 Å². The van der Waals surface area contributed by atoms with Crippen molar-refractivity contribution in [1.29, 1.82) is 0 Å². The SMILES string of the molecule is CC(C)(C)[Si](C)(C)OC1CCN(c2nc3nc(N4CCOCC4)oc3cc2N)C1. The highest BCUT2D eigenvalue weighted by molar-refractivity contribution is 6.74. The molecule has 2 saturated heterocycles. The minimum Gasteiger partial charge on any atom is -0.422 e. The van der Waals surface area contributed by atoms with Gasteiger partial charge in [-0.25, -0.2) is 4.98 Å². The molecule has 29 heavy (non-hydrogen) atoms. The Balaban J connectivity index is 1.51. The maximum atomic E-state index is 6.60. The Morgan fingerprint density at radius 3 is 2.55 bits per heavy atom. The maximum absolute atomic E-state index is 6.60. The molecule has 2 N–H and O–H groups in total. The second-order valence-electron chi connectivity index (χ2n) is 9.55. The lowest BCUT2D eigenvalue weighted by Gasteiger charge is -2.38. The highest BCUT2D eigenvalue weighted by Crippen LogP contribution is 2.39. The molecule has 4 heterocycles. The summed E-state index contributed by atoms with van der Waals surface area (Å²) in [6.07, 6.45) is 1.21. The van der Waals surface area contributed by atoms with Crippen LogP contribution in [0, 0.1) is 0 Å². The fourth-order valence-electron chi connectivity index (χ4n) is 3.61. The molecule has 2 aromatic rings. The van der Waals surface area contributed by atoms with Crippen molar-refractivity contribution >= 4 is 37.1 Å². The summed E-state index contributed by atoms with van der Waals surface area (Å²) in [4.78, 5) is 13.7. The molecular formula is C20H33N5O3Si. The molecule has 4 rings (SSSR count). The molecule has 0 aliphatic carbocycles. The number of nitrogens with zero attached hydrogens (tertiary/aromatic N) is 4. The van der Waals surface area contributed by atoms with E-state index in [1.54, 1.807) is 0 Å². The van der Waals surface area contributed by atoms with Crippen molar-refractivity contribution < 1.29 is 13.6 Å². The Morgan fingerprint density at radius 2 is 1.86 bits per heavy atom. The molecule has 9 heteroatoms. The Kier molecular flexibility index (Phi) is 5.24. The number of pyridine rings is 1. The molecule has 1 unspecified atom stereocenters. The highest BCUT2D eigenvalue weighted by atomic mass is 28.4. The number of morpholine rings is 1. The number of anilines is 3. The third-order valence-electron chi connectivity index (χ3n) is 6.37. The van der Waals surface area contributed by atoms with E-state index in [0.717, 1.165) is 38.4 Å². The lowest BCUT2D eigenvalue weighted by atomic mass is 10.2. The Hall–Kier alpha value is -1.84. The van der Waals surface area contributed by atoms with E-state index in [0.29, 0.717) is 36.1 Å². The van der Waals surface area contributed by atoms with E-state index in [1.807, 2.05) is 6.07 Å². The number of hydrogen-bond donors (Lipinski definition) is 1. The second kappa shape index (κ2) is 7.44. The first-order chi connectivity index (χ1) is 13.6. The molecule has 1 atom stereocenters. The van der Waals surface area contributed by atoms with Gasteiger partial charge in [0.2, 0.25) is 5.65 Å². The predicted octanol–water partition coefficient (Wildman–Crippen LogP) is 3.24. The summed E-state index contributed by atoms with van der Waals surface area (Å²) >= 11 is 0. The van der Waals surface area contributed by atoms with E-state index < -0.39 is 8.32 Å². The van der Waals surface area contributed by atoms with E-state index in [2.05, 4.69) is 48.6 Å². The third kappa shape index (κ3) is 4.08. The zero-order chi connectivity index (χ0) is 20.8. The van der Waals surface area contributed by atoms with Crippen LogP contribution >= 0.6 is 0 Å². The van der Waals surface area contributed by atoms with Crippen LogP contribution in [0.2, 0.25) is 18.1 Å². The van der Waals surface area contributed by atoms with Gasteiger partial charge >= 0.3 is 0 Å². The van der Waals surface area contributed by atoms with Gasteiger partial charge in [0.25, 0.3) is 6.01 Å². The first kappa shape index (κ1) is 20.4. The normalized spacial score (nSPS) is 21.3. The van der Waals surface area contributed by atoms with Gasteiger partial charge in [0.05, 0.1) is 25.0 Å². The molecule has 8 nitrogen and oxygen atoms in total.